The van der Waals surface area contributed by atoms with Gasteiger partial charge in [-0.05, 0) is 24.6 Å². The van der Waals surface area contributed by atoms with Crippen LogP contribution in [0.1, 0.15) is 12.5 Å². The third-order valence-corrected chi connectivity index (χ3v) is 1.64. The fourth-order valence-electron chi connectivity index (χ4n) is 0.803. The summed E-state index contributed by atoms with van der Waals surface area (Å²) < 4.78 is 0. The highest BCUT2D eigenvalue weighted by Crippen LogP contribution is 2.18. The summed E-state index contributed by atoms with van der Waals surface area (Å²) in [5.41, 5.74) is 4.74. The molecule has 1 atom stereocenters. The van der Waals surface area contributed by atoms with E-state index in [4.69, 9.17) is 17.3 Å². The Morgan fingerprint density at radius 1 is 1.55 bits per heavy atom. The zero-order chi connectivity index (χ0) is 8.48. The topological polar surface area (TPSA) is 46.2 Å². The van der Waals surface area contributed by atoms with Gasteiger partial charge in [-0.1, -0.05) is 23.7 Å². The van der Waals surface area contributed by atoms with E-state index in [2.05, 4.69) is 0 Å². The molecule has 3 heteroatoms. The van der Waals surface area contributed by atoms with Gasteiger partial charge in [-0.3, -0.25) is 0 Å². The quantitative estimate of drug-likeness (QED) is 0.629. The van der Waals surface area contributed by atoms with Crippen molar-refractivity contribution in [2.75, 3.05) is 0 Å². The van der Waals surface area contributed by atoms with Gasteiger partial charge < -0.3 is 10.8 Å². The molecule has 0 spiro atoms. The highest BCUT2D eigenvalue weighted by atomic mass is 35.5. The minimum atomic E-state index is -1.30. The van der Waals surface area contributed by atoms with Crippen LogP contribution in [-0.4, -0.2) is 5.11 Å². The van der Waals surface area contributed by atoms with Crippen LogP contribution < -0.4 is 5.73 Å². The van der Waals surface area contributed by atoms with E-state index in [0.717, 1.165) is 0 Å². The predicted molar refractivity (Wildman–Crippen MR) is 45.2 cm³/mol. The summed E-state index contributed by atoms with van der Waals surface area (Å²) in [5, 5.41) is 9.91. The summed E-state index contributed by atoms with van der Waals surface area (Å²) in [6.07, 6.45) is 0. The van der Waals surface area contributed by atoms with Crippen molar-refractivity contribution in [3.05, 3.63) is 34.9 Å². The Labute approximate surface area is 70.6 Å². The van der Waals surface area contributed by atoms with Gasteiger partial charge in [0.25, 0.3) is 0 Å². The number of aliphatic hydroxyl groups is 1. The lowest BCUT2D eigenvalue weighted by atomic mass is 10.1. The van der Waals surface area contributed by atoms with E-state index in [1.807, 2.05) is 0 Å². The first-order chi connectivity index (χ1) is 5.00. The maximum absolute atomic E-state index is 9.33. The zero-order valence-corrected chi connectivity index (χ0v) is 6.97. The molecule has 1 aromatic rings. The summed E-state index contributed by atoms with van der Waals surface area (Å²) in [7, 11) is 0. The SMILES string of the molecule is C[C@@](N)(O)c1cccc(Cl)c1. The molecule has 0 radical (unpaired) electrons. The molecular weight excluding hydrogens is 162 g/mol. The molecule has 1 rings (SSSR count). The third kappa shape index (κ3) is 2.19. The van der Waals surface area contributed by atoms with E-state index in [0.29, 0.717) is 10.6 Å². The predicted octanol–water partition coefficient (Wildman–Crippen LogP) is 1.46. The summed E-state index contributed by atoms with van der Waals surface area (Å²) >= 11 is 5.68. The van der Waals surface area contributed by atoms with E-state index >= 15 is 0 Å². The molecule has 0 heterocycles. The number of nitrogens with two attached hydrogens (primary N) is 1. The molecule has 0 amide bonds. The molecule has 0 bridgehead atoms. The normalized spacial score (nSPS) is 16.0. The van der Waals surface area contributed by atoms with E-state index in [1.54, 1.807) is 24.3 Å². The smallest absolute Gasteiger partial charge is 0.136 e. The van der Waals surface area contributed by atoms with Gasteiger partial charge in [0, 0.05) is 5.02 Å². The van der Waals surface area contributed by atoms with Crippen LogP contribution in [0.3, 0.4) is 0 Å². The van der Waals surface area contributed by atoms with Crippen molar-refractivity contribution >= 4 is 11.6 Å². The maximum Gasteiger partial charge on any atom is 0.136 e. The highest BCUT2D eigenvalue weighted by Gasteiger charge is 2.15. The fraction of sp³-hybridized carbons (Fsp3) is 0.250. The van der Waals surface area contributed by atoms with Crippen molar-refractivity contribution in [3.63, 3.8) is 0 Å². The molecule has 60 valence electrons. The van der Waals surface area contributed by atoms with Gasteiger partial charge in [-0.25, -0.2) is 0 Å². The Balaban J connectivity index is 3.06. The lowest BCUT2D eigenvalue weighted by molar-refractivity contribution is 0.0647. The summed E-state index contributed by atoms with van der Waals surface area (Å²) in [5.74, 6) is 0. The number of rotatable bonds is 1. The average molecular weight is 172 g/mol. The van der Waals surface area contributed by atoms with Crippen LogP contribution in [0.25, 0.3) is 0 Å². The first kappa shape index (κ1) is 8.53. The number of benzene rings is 1. The molecule has 0 unspecified atom stereocenters. The lowest BCUT2D eigenvalue weighted by Gasteiger charge is -2.17. The summed E-state index contributed by atoms with van der Waals surface area (Å²) in [4.78, 5) is 0. The van der Waals surface area contributed by atoms with Crippen LogP contribution in [-0.2, 0) is 5.72 Å². The molecule has 11 heavy (non-hydrogen) atoms. The van der Waals surface area contributed by atoms with Crippen LogP contribution in [0, 0.1) is 0 Å². The van der Waals surface area contributed by atoms with Gasteiger partial charge in [-0.15, -0.1) is 0 Å². The fourth-order valence-corrected chi connectivity index (χ4v) is 0.994. The first-order valence-electron chi connectivity index (χ1n) is 3.27. The minimum absolute atomic E-state index is 0.577. The van der Waals surface area contributed by atoms with E-state index in [1.165, 1.54) is 6.92 Å². The van der Waals surface area contributed by atoms with Gasteiger partial charge in [0.1, 0.15) is 5.72 Å². The number of hydrogen-bond donors (Lipinski definition) is 2. The second-order valence-electron chi connectivity index (χ2n) is 2.66. The molecule has 0 aliphatic heterocycles. The first-order valence-corrected chi connectivity index (χ1v) is 3.65. The third-order valence-electron chi connectivity index (χ3n) is 1.41. The Kier molecular flexibility index (Phi) is 2.18. The zero-order valence-electron chi connectivity index (χ0n) is 6.21. The molecule has 0 aromatic heterocycles. The number of hydrogen-bond acceptors (Lipinski definition) is 2. The second kappa shape index (κ2) is 2.81. The van der Waals surface area contributed by atoms with Crippen molar-refractivity contribution in [1.29, 1.82) is 0 Å². The summed E-state index contributed by atoms with van der Waals surface area (Å²) in [6.45, 7) is 1.51. The van der Waals surface area contributed by atoms with Crippen LogP contribution >= 0.6 is 11.6 Å². The molecule has 0 aliphatic carbocycles. The van der Waals surface area contributed by atoms with E-state index in [-0.39, 0.29) is 0 Å². The highest BCUT2D eigenvalue weighted by molar-refractivity contribution is 6.30. The van der Waals surface area contributed by atoms with Crippen LogP contribution in [0.2, 0.25) is 5.02 Å². The maximum atomic E-state index is 9.33. The Bertz CT molecular complexity index is 255. The van der Waals surface area contributed by atoms with Gasteiger partial charge in [0.2, 0.25) is 0 Å². The summed E-state index contributed by atoms with van der Waals surface area (Å²) in [6, 6.07) is 6.85. The van der Waals surface area contributed by atoms with Crippen LogP contribution in [0.15, 0.2) is 24.3 Å². The van der Waals surface area contributed by atoms with Gasteiger partial charge >= 0.3 is 0 Å². The number of halogens is 1. The molecule has 2 nitrogen and oxygen atoms in total. The lowest BCUT2D eigenvalue weighted by Crippen LogP contribution is -2.32. The molecule has 0 saturated carbocycles. The molecular formula is C8H10ClNO. The monoisotopic (exact) mass is 171 g/mol. The molecule has 0 saturated heterocycles. The van der Waals surface area contributed by atoms with Gasteiger partial charge in [0.05, 0.1) is 0 Å². The molecule has 1 aromatic carbocycles. The largest absolute Gasteiger partial charge is 0.372 e. The average Bonchev–Trinajstić information content (AvgIpc) is 1.86. The Hall–Kier alpha value is -0.570. The van der Waals surface area contributed by atoms with Crippen molar-refractivity contribution in [1.82, 2.24) is 0 Å². The molecule has 3 N–H and O–H groups in total. The molecule has 0 aliphatic rings. The van der Waals surface area contributed by atoms with Crippen molar-refractivity contribution in [3.8, 4) is 0 Å². The van der Waals surface area contributed by atoms with Gasteiger partial charge in [0.15, 0.2) is 0 Å². The molecule has 0 fully saturated rings. The minimum Gasteiger partial charge on any atom is -0.372 e. The van der Waals surface area contributed by atoms with Gasteiger partial charge in [-0.2, -0.15) is 0 Å². The Morgan fingerprint density at radius 2 is 2.18 bits per heavy atom. The van der Waals surface area contributed by atoms with E-state index < -0.39 is 5.72 Å². The van der Waals surface area contributed by atoms with Crippen molar-refractivity contribution < 1.29 is 5.11 Å². The van der Waals surface area contributed by atoms with E-state index in [9.17, 15) is 5.11 Å². The van der Waals surface area contributed by atoms with Crippen molar-refractivity contribution in [2.24, 2.45) is 5.73 Å². The van der Waals surface area contributed by atoms with Crippen LogP contribution in [0.5, 0.6) is 0 Å². The second-order valence-corrected chi connectivity index (χ2v) is 3.09. The Morgan fingerprint density at radius 3 is 2.55 bits per heavy atom. The standard InChI is InChI=1S/C8H10ClNO/c1-8(10,11)6-3-2-4-7(9)5-6/h2-5,11H,10H2,1H3/t8-/m1/s1. The van der Waals surface area contributed by atoms with Crippen molar-refractivity contribution in [2.45, 2.75) is 12.6 Å². The van der Waals surface area contributed by atoms with Crippen LogP contribution in [0.4, 0.5) is 0 Å².